The highest BCUT2D eigenvalue weighted by Crippen LogP contribution is 2.38. The molecule has 3 rings (SSSR count). The molecule has 0 bridgehead atoms. The van der Waals surface area contributed by atoms with E-state index in [4.69, 9.17) is 9.84 Å². The zero-order valence-electron chi connectivity index (χ0n) is 18.5. The first-order chi connectivity index (χ1) is 16.0. The van der Waals surface area contributed by atoms with Gasteiger partial charge in [-0.15, -0.1) is 0 Å². The average Bonchev–Trinajstić information content (AvgIpc) is 2.76. The first-order valence-electron chi connectivity index (χ1n) is 10.5. The molecule has 178 valence electrons. The van der Waals surface area contributed by atoms with Gasteiger partial charge in [-0.3, -0.25) is 9.59 Å². The summed E-state index contributed by atoms with van der Waals surface area (Å²) in [7, 11) is 0. The van der Waals surface area contributed by atoms with Crippen LogP contribution in [0.2, 0.25) is 0 Å². The number of alkyl halides is 3. The van der Waals surface area contributed by atoms with Gasteiger partial charge in [0.1, 0.15) is 18.1 Å². The summed E-state index contributed by atoms with van der Waals surface area (Å²) in [6.45, 7) is 3.83. The summed E-state index contributed by atoms with van der Waals surface area (Å²) in [5, 5.41) is 18.9. The Labute approximate surface area is 194 Å². The lowest BCUT2D eigenvalue weighted by Gasteiger charge is -2.16. The Balaban J connectivity index is 1.81. The van der Waals surface area contributed by atoms with Crippen LogP contribution in [0.25, 0.3) is 11.1 Å². The molecule has 3 aromatic rings. The number of carbonyl (C=O) groups excluding carboxylic acids is 1. The van der Waals surface area contributed by atoms with E-state index in [0.29, 0.717) is 17.4 Å². The quantitative estimate of drug-likeness (QED) is 0.380. The van der Waals surface area contributed by atoms with Crippen molar-refractivity contribution < 1.29 is 37.7 Å². The van der Waals surface area contributed by atoms with Gasteiger partial charge >= 0.3 is 12.1 Å². The van der Waals surface area contributed by atoms with Crippen LogP contribution in [-0.4, -0.2) is 22.5 Å². The van der Waals surface area contributed by atoms with Crippen molar-refractivity contribution >= 4 is 12.3 Å². The van der Waals surface area contributed by atoms with E-state index in [1.807, 2.05) is 38.1 Å². The third-order valence-corrected chi connectivity index (χ3v) is 5.38. The molecule has 0 fully saturated rings. The summed E-state index contributed by atoms with van der Waals surface area (Å²) in [6, 6.07) is 14.4. The van der Waals surface area contributed by atoms with E-state index in [1.54, 1.807) is 18.2 Å². The minimum Gasteiger partial charge on any atom is -0.507 e. The fourth-order valence-corrected chi connectivity index (χ4v) is 3.67. The average molecular weight is 472 g/mol. The zero-order chi connectivity index (χ0) is 25.0. The first-order valence-corrected chi connectivity index (χ1v) is 10.5. The smallest absolute Gasteiger partial charge is 0.419 e. The molecule has 0 amide bonds. The Morgan fingerprint density at radius 3 is 2.29 bits per heavy atom. The number of carboxylic acids is 1. The third-order valence-electron chi connectivity index (χ3n) is 5.38. The molecule has 2 N–H and O–H groups in total. The SMILES string of the molecule is CC(C)c1cc(CC(=O)O)ccc1-c1ccc(OCc2ccc(C(F)(F)F)c(O)c2C=O)cc1. The van der Waals surface area contributed by atoms with E-state index in [-0.39, 0.29) is 30.8 Å². The number of phenols is 1. The van der Waals surface area contributed by atoms with Gasteiger partial charge in [0, 0.05) is 5.56 Å². The van der Waals surface area contributed by atoms with E-state index in [0.717, 1.165) is 22.8 Å². The maximum absolute atomic E-state index is 12.9. The van der Waals surface area contributed by atoms with Crippen molar-refractivity contribution in [2.45, 2.75) is 39.0 Å². The van der Waals surface area contributed by atoms with Crippen molar-refractivity contribution in [1.29, 1.82) is 0 Å². The standard InChI is InChI=1S/C26H23F3O5/c1-15(2)21-11-16(12-24(31)32)3-9-20(21)17-4-7-19(8-5-17)34-14-18-6-10-23(26(27,28)29)25(33)22(18)13-30/h3-11,13,15,33H,12,14H2,1-2H3,(H,31,32). The maximum atomic E-state index is 12.9. The molecule has 5 nitrogen and oxygen atoms in total. The summed E-state index contributed by atoms with van der Waals surface area (Å²) < 4.78 is 44.5. The number of halogens is 3. The predicted octanol–water partition coefficient (Wildman–Crippen LogP) is 6.22. The molecule has 0 aliphatic heterocycles. The molecule has 0 aliphatic carbocycles. The monoisotopic (exact) mass is 472 g/mol. The van der Waals surface area contributed by atoms with E-state index in [9.17, 15) is 27.9 Å². The number of aromatic hydroxyl groups is 1. The topological polar surface area (TPSA) is 83.8 Å². The van der Waals surface area contributed by atoms with Crippen LogP contribution < -0.4 is 4.74 Å². The van der Waals surface area contributed by atoms with Crippen molar-refractivity contribution in [1.82, 2.24) is 0 Å². The predicted molar refractivity (Wildman–Crippen MR) is 120 cm³/mol. The van der Waals surface area contributed by atoms with Crippen LogP contribution in [0.3, 0.4) is 0 Å². The van der Waals surface area contributed by atoms with Crippen LogP contribution in [0, 0.1) is 0 Å². The summed E-state index contributed by atoms with van der Waals surface area (Å²) in [5.41, 5.74) is 1.94. The van der Waals surface area contributed by atoms with E-state index in [2.05, 4.69) is 0 Å². The van der Waals surface area contributed by atoms with Crippen LogP contribution >= 0.6 is 0 Å². The van der Waals surface area contributed by atoms with E-state index >= 15 is 0 Å². The molecule has 0 spiro atoms. The van der Waals surface area contributed by atoms with Crippen LogP contribution in [-0.2, 0) is 24.0 Å². The fraction of sp³-hybridized carbons (Fsp3) is 0.231. The van der Waals surface area contributed by atoms with E-state index < -0.39 is 29.0 Å². The van der Waals surface area contributed by atoms with Gasteiger partial charge in [-0.05, 0) is 46.4 Å². The number of phenolic OH excluding ortho intramolecular Hbond substituents is 1. The largest absolute Gasteiger partial charge is 0.507 e. The van der Waals surface area contributed by atoms with Gasteiger partial charge < -0.3 is 14.9 Å². The molecule has 0 radical (unpaired) electrons. The number of aldehydes is 1. The maximum Gasteiger partial charge on any atom is 0.419 e. The van der Waals surface area contributed by atoms with Gasteiger partial charge in [0.25, 0.3) is 0 Å². The molecule has 0 saturated carbocycles. The van der Waals surface area contributed by atoms with Gasteiger partial charge in [-0.25, -0.2) is 0 Å². The second kappa shape index (κ2) is 9.99. The zero-order valence-corrected chi connectivity index (χ0v) is 18.5. The van der Waals surface area contributed by atoms with Crippen LogP contribution in [0.4, 0.5) is 13.2 Å². The second-order valence-electron chi connectivity index (χ2n) is 8.11. The molecule has 34 heavy (non-hydrogen) atoms. The van der Waals surface area contributed by atoms with Crippen molar-refractivity contribution in [3.63, 3.8) is 0 Å². The normalized spacial score (nSPS) is 11.5. The molecule has 0 aliphatic rings. The molecule has 8 heteroatoms. The minimum atomic E-state index is -4.78. The van der Waals surface area contributed by atoms with E-state index in [1.165, 1.54) is 0 Å². The van der Waals surface area contributed by atoms with Crippen LogP contribution in [0.1, 0.15) is 52.4 Å². The molecular formula is C26H23F3O5. The van der Waals surface area contributed by atoms with Crippen LogP contribution in [0.5, 0.6) is 11.5 Å². The number of aliphatic carboxylic acids is 1. The first kappa shape index (κ1) is 24.8. The molecule has 0 unspecified atom stereocenters. The summed E-state index contributed by atoms with van der Waals surface area (Å²) in [4.78, 5) is 22.3. The number of hydrogen-bond donors (Lipinski definition) is 2. The number of benzene rings is 3. The van der Waals surface area contributed by atoms with Crippen molar-refractivity contribution in [3.8, 4) is 22.6 Å². The number of hydrogen-bond acceptors (Lipinski definition) is 4. The minimum absolute atomic E-state index is 0.0605. The van der Waals surface area contributed by atoms with Gasteiger partial charge in [0.05, 0.1) is 17.5 Å². The summed E-state index contributed by atoms with van der Waals surface area (Å²) in [6.07, 6.45) is -4.67. The third kappa shape index (κ3) is 5.57. The highest BCUT2D eigenvalue weighted by Gasteiger charge is 2.35. The van der Waals surface area contributed by atoms with Gasteiger partial charge in [0.15, 0.2) is 6.29 Å². The Bertz CT molecular complexity index is 1200. The molecular weight excluding hydrogens is 449 g/mol. The lowest BCUT2D eigenvalue weighted by molar-refractivity contribution is -0.139. The Hall–Kier alpha value is -3.81. The number of carboxylic acid groups (broad SMARTS) is 1. The highest BCUT2D eigenvalue weighted by atomic mass is 19.4. The lowest BCUT2D eigenvalue weighted by atomic mass is 9.90. The van der Waals surface area contributed by atoms with Gasteiger partial charge in [-0.1, -0.05) is 50.2 Å². The molecule has 0 heterocycles. The van der Waals surface area contributed by atoms with Crippen molar-refractivity contribution in [2.75, 3.05) is 0 Å². The number of ether oxygens (including phenoxy) is 1. The van der Waals surface area contributed by atoms with Gasteiger partial charge in [0.2, 0.25) is 0 Å². The number of carbonyl (C=O) groups is 2. The summed E-state index contributed by atoms with van der Waals surface area (Å²) >= 11 is 0. The molecule has 3 aromatic carbocycles. The van der Waals surface area contributed by atoms with Crippen molar-refractivity contribution in [2.24, 2.45) is 0 Å². The second-order valence-corrected chi connectivity index (χ2v) is 8.11. The lowest BCUT2D eigenvalue weighted by Crippen LogP contribution is -2.09. The summed E-state index contributed by atoms with van der Waals surface area (Å²) in [5.74, 6) is -1.43. The molecule has 0 atom stereocenters. The Kier molecular flexibility index (Phi) is 7.29. The molecule has 0 aromatic heterocycles. The Morgan fingerprint density at radius 2 is 1.74 bits per heavy atom. The highest BCUT2D eigenvalue weighted by molar-refractivity contribution is 5.82. The Morgan fingerprint density at radius 1 is 1.06 bits per heavy atom. The fourth-order valence-electron chi connectivity index (χ4n) is 3.67. The van der Waals surface area contributed by atoms with Gasteiger partial charge in [-0.2, -0.15) is 13.2 Å². The van der Waals surface area contributed by atoms with Crippen LogP contribution in [0.15, 0.2) is 54.6 Å². The number of rotatable bonds is 8. The van der Waals surface area contributed by atoms with Crippen molar-refractivity contribution in [3.05, 3.63) is 82.4 Å². The molecule has 0 saturated heterocycles.